The van der Waals surface area contributed by atoms with Gasteiger partial charge >= 0.3 is 0 Å². The number of aromatic nitrogens is 1. The summed E-state index contributed by atoms with van der Waals surface area (Å²) in [5.41, 5.74) is 5.09. The maximum absolute atomic E-state index is 13.0. The van der Waals surface area contributed by atoms with Crippen LogP contribution in [0.5, 0.6) is 0 Å². The number of nitrogens with one attached hydrogen (secondary N) is 1. The second kappa shape index (κ2) is 10.2. The third kappa shape index (κ3) is 4.53. The molecule has 5 rings (SSSR count). The molecule has 0 bridgehead atoms. The molecule has 0 saturated carbocycles. The molecular weight excluding hydrogens is 450 g/mol. The lowest BCUT2D eigenvalue weighted by molar-refractivity contribution is -0.133. The van der Waals surface area contributed by atoms with Crippen LogP contribution in [0.1, 0.15) is 57.9 Å². The van der Waals surface area contributed by atoms with E-state index in [1.165, 1.54) is 16.7 Å². The van der Waals surface area contributed by atoms with Crippen molar-refractivity contribution in [2.45, 2.75) is 50.2 Å². The molecule has 2 aromatic carbocycles. The SMILES string of the molecule is CO[C@H]1[C@H](NC(=O)c2ccncc2)c2ccccc2C12CCN(C(=O)CCc1ccc(C)cc1)CC2. The number of methoxy groups -OCH3 is 1. The van der Waals surface area contributed by atoms with Crippen LogP contribution in [0.25, 0.3) is 0 Å². The van der Waals surface area contributed by atoms with Gasteiger partial charge in [0.05, 0.1) is 12.1 Å². The number of ether oxygens (including phenoxy) is 1. The van der Waals surface area contributed by atoms with Crippen molar-refractivity contribution >= 4 is 11.8 Å². The number of benzene rings is 2. The van der Waals surface area contributed by atoms with Crippen LogP contribution in [0, 0.1) is 6.92 Å². The van der Waals surface area contributed by atoms with Gasteiger partial charge in [-0.25, -0.2) is 0 Å². The van der Waals surface area contributed by atoms with Crippen LogP contribution < -0.4 is 5.32 Å². The van der Waals surface area contributed by atoms with Crippen LogP contribution in [0.15, 0.2) is 73.1 Å². The summed E-state index contributed by atoms with van der Waals surface area (Å²) >= 11 is 0. The zero-order valence-corrected chi connectivity index (χ0v) is 20.9. The molecule has 6 nitrogen and oxygen atoms in total. The van der Waals surface area contributed by atoms with Crippen molar-refractivity contribution in [2.24, 2.45) is 0 Å². The number of carbonyl (C=O) groups is 2. The molecule has 1 N–H and O–H groups in total. The third-order valence-corrected chi connectivity index (χ3v) is 7.92. The van der Waals surface area contributed by atoms with Gasteiger partial charge in [0.15, 0.2) is 0 Å². The summed E-state index contributed by atoms with van der Waals surface area (Å²) in [5, 5.41) is 3.23. The highest BCUT2D eigenvalue weighted by molar-refractivity contribution is 5.94. The first-order valence-corrected chi connectivity index (χ1v) is 12.7. The minimum absolute atomic E-state index is 0.139. The molecule has 186 valence electrons. The number of hydrogen-bond donors (Lipinski definition) is 1. The molecule has 3 aromatic rings. The standard InChI is InChI=1S/C30H33N3O3/c1-21-7-9-22(10-8-21)11-12-26(34)33-19-15-30(16-20-33)25-6-4-3-5-24(25)27(28(30)36-2)32-29(35)23-13-17-31-18-14-23/h3-10,13-14,17-18,27-28H,11-12,15-16,19-20H2,1-2H3,(H,32,35)/t27-,28+/m1/s1. The van der Waals surface area contributed by atoms with Crippen LogP contribution >= 0.6 is 0 Å². The largest absolute Gasteiger partial charge is 0.378 e. The number of aryl methyl sites for hydroxylation is 2. The molecule has 2 aliphatic rings. The van der Waals surface area contributed by atoms with Gasteiger partial charge in [-0.3, -0.25) is 14.6 Å². The van der Waals surface area contributed by atoms with Gasteiger partial charge < -0.3 is 15.0 Å². The van der Waals surface area contributed by atoms with Gasteiger partial charge in [-0.1, -0.05) is 54.1 Å². The van der Waals surface area contributed by atoms with E-state index in [9.17, 15) is 9.59 Å². The number of pyridine rings is 1. The lowest BCUT2D eigenvalue weighted by atomic mass is 9.71. The fraction of sp³-hybridized carbons (Fsp3) is 0.367. The summed E-state index contributed by atoms with van der Waals surface area (Å²) < 4.78 is 6.12. The number of hydrogen-bond acceptors (Lipinski definition) is 4. The number of carbonyl (C=O) groups excluding carboxylic acids is 2. The van der Waals surface area contributed by atoms with E-state index in [0.717, 1.165) is 24.8 Å². The topological polar surface area (TPSA) is 71.5 Å². The molecule has 1 fully saturated rings. The average molecular weight is 484 g/mol. The van der Waals surface area contributed by atoms with E-state index in [2.05, 4.69) is 59.7 Å². The molecule has 6 heteroatoms. The summed E-state index contributed by atoms with van der Waals surface area (Å²) in [6.45, 7) is 3.44. The van der Waals surface area contributed by atoms with Crippen LogP contribution in [-0.4, -0.2) is 48.0 Å². The molecule has 1 saturated heterocycles. The predicted molar refractivity (Wildman–Crippen MR) is 139 cm³/mol. The summed E-state index contributed by atoms with van der Waals surface area (Å²) in [6, 6.07) is 19.9. The van der Waals surface area contributed by atoms with E-state index in [1.807, 2.05) is 11.0 Å². The van der Waals surface area contributed by atoms with Gasteiger partial charge in [-0.2, -0.15) is 0 Å². The monoisotopic (exact) mass is 483 g/mol. The summed E-state index contributed by atoms with van der Waals surface area (Å²) in [7, 11) is 1.73. The van der Waals surface area contributed by atoms with Crippen molar-refractivity contribution in [2.75, 3.05) is 20.2 Å². The molecule has 0 unspecified atom stereocenters. The quantitative estimate of drug-likeness (QED) is 0.565. The maximum atomic E-state index is 13.0. The van der Waals surface area contributed by atoms with Crippen molar-refractivity contribution in [3.8, 4) is 0 Å². The molecule has 1 aliphatic heterocycles. The lowest BCUT2D eigenvalue weighted by Crippen LogP contribution is -2.51. The van der Waals surface area contributed by atoms with Gasteiger partial charge in [0.2, 0.25) is 5.91 Å². The fourth-order valence-electron chi connectivity index (χ4n) is 5.97. The number of nitrogens with zero attached hydrogens (tertiary/aromatic N) is 2. The van der Waals surface area contributed by atoms with E-state index in [0.29, 0.717) is 25.1 Å². The Morgan fingerprint density at radius 1 is 1.03 bits per heavy atom. The lowest BCUT2D eigenvalue weighted by Gasteiger charge is -2.44. The first kappa shape index (κ1) is 24.2. The number of rotatable bonds is 6. The van der Waals surface area contributed by atoms with E-state index in [1.54, 1.807) is 31.6 Å². The second-order valence-corrected chi connectivity index (χ2v) is 9.95. The van der Waals surface area contributed by atoms with Crippen LogP contribution in [0.3, 0.4) is 0 Å². The van der Waals surface area contributed by atoms with Crippen molar-refractivity contribution in [1.29, 1.82) is 0 Å². The normalized spacial score (nSPS) is 20.2. The molecule has 1 aliphatic carbocycles. The number of amides is 2. The van der Waals surface area contributed by atoms with Crippen molar-refractivity contribution in [1.82, 2.24) is 15.2 Å². The van der Waals surface area contributed by atoms with Crippen LogP contribution in [-0.2, 0) is 21.4 Å². The molecule has 1 spiro atoms. The third-order valence-electron chi connectivity index (χ3n) is 7.92. The molecule has 2 heterocycles. The smallest absolute Gasteiger partial charge is 0.251 e. The van der Waals surface area contributed by atoms with Gasteiger partial charge in [-0.05, 0) is 55.0 Å². The Hall–Kier alpha value is -3.51. The molecule has 1 aromatic heterocycles. The van der Waals surface area contributed by atoms with Crippen molar-refractivity contribution in [3.63, 3.8) is 0 Å². The Balaban J connectivity index is 1.30. The van der Waals surface area contributed by atoms with Crippen molar-refractivity contribution < 1.29 is 14.3 Å². The van der Waals surface area contributed by atoms with E-state index >= 15 is 0 Å². The average Bonchev–Trinajstić information content (AvgIpc) is 3.17. The van der Waals surface area contributed by atoms with Gasteiger partial charge in [0.25, 0.3) is 5.91 Å². The van der Waals surface area contributed by atoms with E-state index in [-0.39, 0.29) is 29.4 Å². The molecule has 2 amide bonds. The number of piperidine rings is 1. The van der Waals surface area contributed by atoms with Crippen molar-refractivity contribution in [3.05, 3.63) is 101 Å². The van der Waals surface area contributed by atoms with Gasteiger partial charge in [0.1, 0.15) is 0 Å². The Labute approximate surface area is 212 Å². The zero-order valence-electron chi connectivity index (χ0n) is 20.9. The minimum Gasteiger partial charge on any atom is -0.378 e. The number of likely N-dealkylation sites (tertiary alicyclic amines) is 1. The summed E-state index contributed by atoms with van der Waals surface area (Å²) in [5.74, 6) is 0.0632. The zero-order chi connectivity index (χ0) is 25.1. The summed E-state index contributed by atoms with van der Waals surface area (Å²) in [4.78, 5) is 32.1. The predicted octanol–water partition coefficient (Wildman–Crippen LogP) is 4.38. The highest BCUT2D eigenvalue weighted by Gasteiger charge is 2.54. The Morgan fingerprint density at radius 3 is 2.42 bits per heavy atom. The molecule has 0 radical (unpaired) electrons. The maximum Gasteiger partial charge on any atom is 0.251 e. The highest BCUT2D eigenvalue weighted by Crippen LogP contribution is 2.52. The fourth-order valence-corrected chi connectivity index (χ4v) is 5.97. The second-order valence-electron chi connectivity index (χ2n) is 9.95. The van der Waals surface area contributed by atoms with Gasteiger partial charge in [-0.15, -0.1) is 0 Å². The Kier molecular flexibility index (Phi) is 6.88. The summed E-state index contributed by atoms with van der Waals surface area (Å²) in [6.07, 6.45) is 5.93. The first-order chi connectivity index (χ1) is 17.5. The van der Waals surface area contributed by atoms with E-state index in [4.69, 9.17) is 4.74 Å². The molecule has 36 heavy (non-hydrogen) atoms. The van der Waals surface area contributed by atoms with Crippen LogP contribution in [0.2, 0.25) is 0 Å². The minimum atomic E-state index is -0.254. The number of fused-ring (bicyclic) bond motifs is 2. The molecule has 2 atom stereocenters. The Bertz CT molecular complexity index is 1220. The van der Waals surface area contributed by atoms with Crippen LogP contribution in [0.4, 0.5) is 0 Å². The van der Waals surface area contributed by atoms with E-state index < -0.39 is 0 Å². The first-order valence-electron chi connectivity index (χ1n) is 12.7. The Morgan fingerprint density at radius 2 is 1.72 bits per heavy atom. The highest BCUT2D eigenvalue weighted by atomic mass is 16.5. The van der Waals surface area contributed by atoms with Gasteiger partial charge in [0, 0.05) is 50.0 Å². The molecular formula is C30H33N3O3.